The number of rotatable bonds is 4. The normalized spacial score (nSPS) is 17.3. The highest BCUT2D eigenvalue weighted by Crippen LogP contribution is 2.09. The second-order valence-corrected chi connectivity index (χ2v) is 2.84. The van der Waals surface area contributed by atoms with Gasteiger partial charge in [0.1, 0.15) is 0 Å². The van der Waals surface area contributed by atoms with E-state index in [1.54, 1.807) is 0 Å². The van der Waals surface area contributed by atoms with Crippen LogP contribution in [0.2, 0.25) is 0 Å². The number of hydrogen-bond donors (Lipinski definition) is 1. The van der Waals surface area contributed by atoms with Gasteiger partial charge in [-0.25, -0.2) is 0 Å². The lowest BCUT2D eigenvalue weighted by Gasteiger charge is -2.16. The second-order valence-electron chi connectivity index (χ2n) is 2.84. The van der Waals surface area contributed by atoms with E-state index in [2.05, 4.69) is 20.8 Å². The molecular formula is C8H19N. The molecule has 0 aromatic rings. The van der Waals surface area contributed by atoms with Crippen LogP contribution in [0.3, 0.4) is 0 Å². The summed E-state index contributed by atoms with van der Waals surface area (Å²) in [4.78, 5) is 0. The van der Waals surface area contributed by atoms with Crippen molar-refractivity contribution in [2.45, 2.75) is 46.1 Å². The van der Waals surface area contributed by atoms with Crippen LogP contribution >= 0.6 is 0 Å². The first kappa shape index (κ1) is 8.96. The molecule has 0 unspecified atom stereocenters. The predicted octanol–water partition coefficient (Wildman–Crippen LogP) is 2.16. The molecule has 0 aromatic heterocycles. The molecule has 9 heavy (non-hydrogen) atoms. The van der Waals surface area contributed by atoms with Crippen molar-refractivity contribution >= 4 is 0 Å². The fourth-order valence-corrected chi connectivity index (χ4v) is 0.921. The van der Waals surface area contributed by atoms with Crippen LogP contribution in [0.4, 0.5) is 0 Å². The molecule has 1 heteroatoms. The molecule has 0 spiro atoms. The third kappa shape index (κ3) is 3.52. The van der Waals surface area contributed by atoms with Crippen LogP contribution in [0.15, 0.2) is 0 Å². The van der Waals surface area contributed by atoms with Gasteiger partial charge >= 0.3 is 0 Å². The molecule has 0 aliphatic heterocycles. The quantitative estimate of drug-likeness (QED) is 0.618. The van der Waals surface area contributed by atoms with Crippen molar-refractivity contribution in [1.29, 1.82) is 0 Å². The lowest BCUT2D eigenvalue weighted by atomic mass is 9.96. The zero-order chi connectivity index (χ0) is 7.28. The summed E-state index contributed by atoms with van der Waals surface area (Å²) in [6.45, 7) is 6.60. The minimum Gasteiger partial charge on any atom is -0.327 e. The van der Waals surface area contributed by atoms with Gasteiger partial charge in [0, 0.05) is 6.04 Å². The summed E-state index contributed by atoms with van der Waals surface area (Å²) in [6, 6.07) is 0.431. The molecule has 1 nitrogen and oxygen atoms in total. The molecule has 0 saturated carbocycles. The van der Waals surface area contributed by atoms with Gasteiger partial charge in [0.05, 0.1) is 0 Å². The maximum absolute atomic E-state index is 5.84. The van der Waals surface area contributed by atoms with Crippen LogP contribution in [-0.4, -0.2) is 6.04 Å². The van der Waals surface area contributed by atoms with Gasteiger partial charge < -0.3 is 5.73 Å². The summed E-state index contributed by atoms with van der Waals surface area (Å²) in [6.07, 6.45) is 3.60. The maximum Gasteiger partial charge on any atom is 0.00643 e. The summed E-state index contributed by atoms with van der Waals surface area (Å²) in [5.74, 6) is 0.699. The molecule has 56 valence electrons. The van der Waals surface area contributed by atoms with Crippen LogP contribution in [0, 0.1) is 5.92 Å². The Balaban J connectivity index is 3.32. The van der Waals surface area contributed by atoms with Crippen molar-refractivity contribution in [2.24, 2.45) is 11.7 Å². The monoisotopic (exact) mass is 129 g/mol. The van der Waals surface area contributed by atoms with Crippen LogP contribution in [-0.2, 0) is 0 Å². The Morgan fingerprint density at radius 1 is 1.33 bits per heavy atom. The van der Waals surface area contributed by atoms with E-state index in [1.165, 1.54) is 19.3 Å². The maximum atomic E-state index is 5.84. The Bertz CT molecular complexity index is 61.6. The molecule has 0 bridgehead atoms. The molecule has 0 radical (unpaired) electrons. The molecule has 0 amide bonds. The Hall–Kier alpha value is -0.0400. The minimum atomic E-state index is 0.431. The van der Waals surface area contributed by atoms with Crippen molar-refractivity contribution in [3.63, 3.8) is 0 Å². The smallest absolute Gasteiger partial charge is 0.00643 e. The van der Waals surface area contributed by atoms with Gasteiger partial charge in [0.15, 0.2) is 0 Å². The van der Waals surface area contributed by atoms with E-state index < -0.39 is 0 Å². The second kappa shape index (κ2) is 4.80. The Morgan fingerprint density at radius 2 is 1.89 bits per heavy atom. The summed E-state index contributed by atoms with van der Waals surface area (Å²) in [5, 5.41) is 0. The molecule has 0 rings (SSSR count). The zero-order valence-electron chi connectivity index (χ0n) is 6.85. The van der Waals surface area contributed by atoms with E-state index in [0.717, 1.165) is 0 Å². The first-order valence-electron chi connectivity index (χ1n) is 3.97. The molecule has 0 fully saturated rings. The van der Waals surface area contributed by atoms with Crippen molar-refractivity contribution < 1.29 is 0 Å². The SMILES string of the molecule is CCC[C@@H](N)[C@@H](C)CC. The van der Waals surface area contributed by atoms with Gasteiger partial charge in [-0.05, 0) is 12.3 Å². The van der Waals surface area contributed by atoms with Gasteiger partial charge in [0.25, 0.3) is 0 Å². The van der Waals surface area contributed by atoms with Crippen LogP contribution in [0.5, 0.6) is 0 Å². The highest BCUT2D eigenvalue weighted by atomic mass is 14.6. The van der Waals surface area contributed by atoms with Crippen molar-refractivity contribution in [3.05, 3.63) is 0 Å². The Kier molecular flexibility index (Phi) is 4.78. The van der Waals surface area contributed by atoms with E-state index in [-0.39, 0.29) is 0 Å². The van der Waals surface area contributed by atoms with Gasteiger partial charge in [0.2, 0.25) is 0 Å². The summed E-state index contributed by atoms with van der Waals surface area (Å²) in [7, 11) is 0. The van der Waals surface area contributed by atoms with Crippen LogP contribution in [0.1, 0.15) is 40.0 Å². The Labute approximate surface area is 58.6 Å². The van der Waals surface area contributed by atoms with E-state index in [4.69, 9.17) is 5.73 Å². The summed E-state index contributed by atoms with van der Waals surface area (Å²) < 4.78 is 0. The third-order valence-electron chi connectivity index (χ3n) is 2.00. The standard InChI is InChI=1S/C8H19N/c1-4-6-8(9)7(3)5-2/h7-8H,4-6,9H2,1-3H3/t7-,8+/m0/s1. The lowest BCUT2D eigenvalue weighted by molar-refractivity contribution is 0.417. The highest BCUT2D eigenvalue weighted by molar-refractivity contribution is 4.66. The first-order chi connectivity index (χ1) is 4.22. The fraction of sp³-hybridized carbons (Fsp3) is 1.00. The number of hydrogen-bond acceptors (Lipinski definition) is 1. The molecular weight excluding hydrogens is 110 g/mol. The summed E-state index contributed by atoms with van der Waals surface area (Å²) >= 11 is 0. The third-order valence-corrected chi connectivity index (χ3v) is 2.00. The van der Waals surface area contributed by atoms with Gasteiger partial charge in [-0.1, -0.05) is 33.6 Å². The largest absolute Gasteiger partial charge is 0.327 e. The van der Waals surface area contributed by atoms with E-state index in [0.29, 0.717) is 12.0 Å². The van der Waals surface area contributed by atoms with Gasteiger partial charge in [-0.2, -0.15) is 0 Å². The molecule has 0 saturated heterocycles. The average molecular weight is 129 g/mol. The van der Waals surface area contributed by atoms with E-state index in [9.17, 15) is 0 Å². The summed E-state index contributed by atoms with van der Waals surface area (Å²) in [5.41, 5.74) is 5.84. The molecule has 0 aromatic carbocycles. The average Bonchev–Trinajstić information content (AvgIpc) is 1.87. The van der Waals surface area contributed by atoms with Crippen molar-refractivity contribution in [2.75, 3.05) is 0 Å². The van der Waals surface area contributed by atoms with Gasteiger partial charge in [-0.3, -0.25) is 0 Å². The van der Waals surface area contributed by atoms with Crippen LogP contribution < -0.4 is 5.73 Å². The highest BCUT2D eigenvalue weighted by Gasteiger charge is 2.07. The number of nitrogens with two attached hydrogens (primary N) is 1. The van der Waals surface area contributed by atoms with Crippen LogP contribution in [0.25, 0.3) is 0 Å². The van der Waals surface area contributed by atoms with Gasteiger partial charge in [-0.15, -0.1) is 0 Å². The zero-order valence-corrected chi connectivity index (χ0v) is 6.85. The van der Waals surface area contributed by atoms with E-state index in [1.807, 2.05) is 0 Å². The first-order valence-corrected chi connectivity index (χ1v) is 3.97. The van der Waals surface area contributed by atoms with Crippen molar-refractivity contribution in [1.82, 2.24) is 0 Å². The minimum absolute atomic E-state index is 0.431. The molecule has 0 aliphatic rings. The topological polar surface area (TPSA) is 26.0 Å². The van der Waals surface area contributed by atoms with Crippen molar-refractivity contribution in [3.8, 4) is 0 Å². The fourth-order valence-electron chi connectivity index (χ4n) is 0.921. The molecule has 0 heterocycles. The lowest BCUT2D eigenvalue weighted by Crippen LogP contribution is -2.27. The Morgan fingerprint density at radius 3 is 2.22 bits per heavy atom. The predicted molar refractivity (Wildman–Crippen MR) is 42.3 cm³/mol. The molecule has 0 aliphatic carbocycles. The molecule has 2 N–H and O–H groups in total. The molecule has 2 atom stereocenters. The van der Waals surface area contributed by atoms with E-state index >= 15 is 0 Å².